The average Bonchev–Trinajstić information content (AvgIpc) is 3.00. The van der Waals surface area contributed by atoms with Crippen LogP contribution in [0.4, 0.5) is 4.79 Å². The molecule has 2 N–H and O–H groups in total. The van der Waals surface area contributed by atoms with Crippen LogP contribution in [0.15, 0.2) is 12.1 Å². The Morgan fingerprint density at radius 3 is 2.44 bits per heavy atom. The van der Waals surface area contributed by atoms with Gasteiger partial charge in [0.05, 0.1) is 21.9 Å². The second kappa shape index (κ2) is 7.13. The topological polar surface area (TPSA) is 101 Å². The van der Waals surface area contributed by atoms with Gasteiger partial charge in [0.2, 0.25) is 5.91 Å². The van der Waals surface area contributed by atoms with E-state index in [2.05, 4.69) is 0 Å². The summed E-state index contributed by atoms with van der Waals surface area (Å²) in [4.78, 5) is 28.7. The van der Waals surface area contributed by atoms with E-state index in [4.69, 9.17) is 17.3 Å². The molecule has 2 saturated heterocycles. The highest BCUT2D eigenvalue weighted by atomic mass is 35.5. The molecular weight excluding hydrogens is 386 g/mol. The van der Waals surface area contributed by atoms with Gasteiger partial charge in [-0.1, -0.05) is 11.6 Å². The summed E-state index contributed by atoms with van der Waals surface area (Å²) in [6.45, 7) is 1.08. The number of hydrogen-bond donors (Lipinski definition) is 1. The fourth-order valence-corrected chi connectivity index (χ4v) is 6.03. The van der Waals surface area contributed by atoms with Crippen LogP contribution in [-0.2, 0) is 14.6 Å². The molecule has 0 saturated carbocycles. The molecule has 0 bridgehead atoms. The first-order valence-corrected chi connectivity index (χ1v) is 11.1. The van der Waals surface area contributed by atoms with Crippen LogP contribution in [0.5, 0.6) is 0 Å². The van der Waals surface area contributed by atoms with Crippen molar-refractivity contribution in [2.45, 2.75) is 18.9 Å². The Bertz CT molecular complexity index is 765. The molecule has 25 heavy (non-hydrogen) atoms. The van der Waals surface area contributed by atoms with E-state index < -0.39 is 15.9 Å². The lowest BCUT2D eigenvalue weighted by Crippen LogP contribution is -2.55. The molecule has 0 spiro atoms. The summed E-state index contributed by atoms with van der Waals surface area (Å²) in [6.07, 6.45) is 0.713. The SMILES string of the molecule is NC(=O)N1CCN(C(=O)C2CCS(=O)(=O)CC2)C(c2ccc(Cl)s2)C1. The molecule has 3 heterocycles. The molecule has 3 rings (SSSR count). The highest BCUT2D eigenvalue weighted by Gasteiger charge is 2.38. The van der Waals surface area contributed by atoms with Gasteiger partial charge in [-0.3, -0.25) is 4.79 Å². The van der Waals surface area contributed by atoms with Gasteiger partial charge in [0, 0.05) is 30.4 Å². The van der Waals surface area contributed by atoms with Crippen molar-refractivity contribution >= 4 is 44.7 Å². The second-order valence-corrected chi connectivity index (χ2v) is 10.4. The van der Waals surface area contributed by atoms with Gasteiger partial charge in [-0.25, -0.2) is 13.2 Å². The lowest BCUT2D eigenvalue weighted by atomic mass is 9.98. The molecule has 2 aliphatic heterocycles. The zero-order valence-electron chi connectivity index (χ0n) is 13.6. The molecule has 0 radical (unpaired) electrons. The van der Waals surface area contributed by atoms with Gasteiger partial charge in [0.25, 0.3) is 0 Å². The van der Waals surface area contributed by atoms with Crippen molar-refractivity contribution in [3.63, 3.8) is 0 Å². The van der Waals surface area contributed by atoms with Crippen molar-refractivity contribution in [3.05, 3.63) is 21.3 Å². The minimum Gasteiger partial charge on any atom is -0.351 e. The Morgan fingerprint density at radius 1 is 1.20 bits per heavy atom. The summed E-state index contributed by atoms with van der Waals surface area (Å²) in [5, 5.41) is 0. The summed E-state index contributed by atoms with van der Waals surface area (Å²) >= 11 is 7.40. The largest absolute Gasteiger partial charge is 0.351 e. The molecule has 3 amide bonds. The minimum atomic E-state index is -3.02. The first kappa shape index (κ1) is 18.5. The predicted octanol–water partition coefficient (Wildman–Crippen LogP) is 1.49. The molecule has 1 aromatic heterocycles. The number of piperazine rings is 1. The van der Waals surface area contributed by atoms with Crippen LogP contribution >= 0.6 is 22.9 Å². The van der Waals surface area contributed by atoms with E-state index in [9.17, 15) is 18.0 Å². The van der Waals surface area contributed by atoms with Crippen LogP contribution in [-0.4, -0.2) is 61.3 Å². The van der Waals surface area contributed by atoms with Crippen LogP contribution in [0.3, 0.4) is 0 Å². The number of nitrogens with zero attached hydrogens (tertiary/aromatic N) is 2. The van der Waals surface area contributed by atoms with Gasteiger partial charge in [0.15, 0.2) is 0 Å². The third kappa shape index (κ3) is 4.09. The molecule has 138 valence electrons. The van der Waals surface area contributed by atoms with E-state index in [-0.39, 0.29) is 29.4 Å². The maximum absolute atomic E-state index is 13.0. The van der Waals surface area contributed by atoms with Gasteiger partial charge in [-0.05, 0) is 25.0 Å². The molecule has 1 atom stereocenters. The maximum atomic E-state index is 13.0. The Kier molecular flexibility index (Phi) is 5.26. The van der Waals surface area contributed by atoms with Crippen LogP contribution in [0.25, 0.3) is 0 Å². The highest BCUT2D eigenvalue weighted by molar-refractivity contribution is 7.91. The van der Waals surface area contributed by atoms with Crippen molar-refractivity contribution in [2.75, 3.05) is 31.1 Å². The Labute approximate surface area is 155 Å². The number of amides is 3. The summed E-state index contributed by atoms with van der Waals surface area (Å²) in [5.41, 5.74) is 5.40. The fraction of sp³-hybridized carbons (Fsp3) is 0.600. The van der Waals surface area contributed by atoms with Crippen molar-refractivity contribution in [1.82, 2.24) is 9.80 Å². The van der Waals surface area contributed by atoms with E-state index in [1.165, 1.54) is 16.2 Å². The van der Waals surface area contributed by atoms with Gasteiger partial charge >= 0.3 is 6.03 Å². The second-order valence-electron chi connectivity index (χ2n) is 6.40. The monoisotopic (exact) mass is 405 g/mol. The molecule has 1 aromatic rings. The van der Waals surface area contributed by atoms with Crippen LogP contribution in [0, 0.1) is 5.92 Å². The Balaban J connectivity index is 1.80. The van der Waals surface area contributed by atoms with Gasteiger partial charge in [-0.2, -0.15) is 0 Å². The van der Waals surface area contributed by atoms with Crippen molar-refractivity contribution < 1.29 is 18.0 Å². The predicted molar refractivity (Wildman–Crippen MR) is 96.3 cm³/mol. The van der Waals surface area contributed by atoms with E-state index in [0.29, 0.717) is 36.8 Å². The van der Waals surface area contributed by atoms with E-state index in [1.54, 1.807) is 11.0 Å². The van der Waals surface area contributed by atoms with Crippen LogP contribution in [0.1, 0.15) is 23.8 Å². The summed E-state index contributed by atoms with van der Waals surface area (Å²) in [6, 6.07) is 2.81. The number of halogens is 1. The number of thiophene rings is 1. The number of primary amides is 1. The molecule has 7 nitrogen and oxygen atoms in total. The normalized spacial score (nSPS) is 24.3. The average molecular weight is 406 g/mol. The lowest BCUT2D eigenvalue weighted by Gasteiger charge is -2.42. The number of carbonyl (C=O) groups is 2. The number of carbonyl (C=O) groups excluding carboxylic acids is 2. The maximum Gasteiger partial charge on any atom is 0.314 e. The molecule has 10 heteroatoms. The number of hydrogen-bond acceptors (Lipinski definition) is 5. The number of rotatable bonds is 2. The van der Waals surface area contributed by atoms with Gasteiger partial charge in [-0.15, -0.1) is 11.3 Å². The minimum absolute atomic E-state index is 0.0476. The van der Waals surface area contributed by atoms with Crippen molar-refractivity contribution in [3.8, 4) is 0 Å². The summed E-state index contributed by atoms with van der Waals surface area (Å²) < 4.78 is 23.8. The molecule has 1 unspecified atom stereocenters. The van der Waals surface area contributed by atoms with Crippen LogP contribution in [0.2, 0.25) is 4.34 Å². The lowest BCUT2D eigenvalue weighted by molar-refractivity contribution is -0.140. The third-order valence-electron chi connectivity index (χ3n) is 4.80. The molecule has 2 aliphatic rings. The number of urea groups is 1. The van der Waals surface area contributed by atoms with Crippen molar-refractivity contribution in [2.24, 2.45) is 11.7 Å². The molecule has 2 fully saturated rings. The summed E-state index contributed by atoms with van der Waals surface area (Å²) in [5.74, 6) is -0.226. The Morgan fingerprint density at radius 2 is 1.88 bits per heavy atom. The number of nitrogens with two attached hydrogens (primary N) is 1. The standard InChI is InChI=1S/C15H20ClN3O4S2/c16-13-2-1-12(24-13)11-9-18(15(17)21)5-6-19(11)14(20)10-3-7-25(22,23)8-4-10/h1-2,10-11H,3-9H2,(H2,17,21). The molecule has 0 aromatic carbocycles. The number of sulfone groups is 1. The van der Waals surface area contributed by atoms with E-state index in [0.717, 1.165) is 4.88 Å². The third-order valence-corrected chi connectivity index (χ3v) is 7.85. The zero-order chi connectivity index (χ0) is 18.2. The van der Waals surface area contributed by atoms with Crippen LogP contribution < -0.4 is 5.73 Å². The summed E-state index contributed by atoms with van der Waals surface area (Å²) in [7, 11) is -3.02. The van der Waals surface area contributed by atoms with E-state index >= 15 is 0 Å². The first-order chi connectivity index (χ1) is 11.8. The zero-order valence-corrected chi connectivity index (χ0v) is 15.9. The smallest absolute Gasteiger partial charge is 0.314 e. The quantitative estimate of drug-likeness (QED) is 0.805. The Hall–Kier alpha value is -1.32. The first-order valence-electron chi connectivity index (χ1n) is 8.07. The highest BCUT2D eigenvalue weighted by Crippen LogP contribution is 2.35. The molecular formula is C15H20ClN3O4S2. The van der Waals surface area contributed by atoms with Crippen molar-refractivity contribution in [1.29, 1.82) is 0 Å². The van der Waals surface area contributed by atoms with Gasteiger partial charge in [0.1, 0.15) is 9.84 Å². The molecule has 0 aliphatic carbocycles. The van der Waals surface area contributed by atoms with E-state index in [1.807, 2.05) is 6.07 Å². The van der Waals surface area contributed by atoms with Gasteiger partial charge < -0.3 is 15.5 Å². The fourth-order valence-electron chi connectivity index (χ4n) is 3.37.